The minimum Gasteiger partial charge on any atom is -0.493 e. The highest BCUT2D eigenvalue weighted by molar-refractivity contribution is 6.30. The maximum Gasteiger partial charge on any atom is 0.125 e. The summed E-state index contributed by atoms with van der Waals surface area (Å²) in [5, 5.41) is 4.26. The Bertz CT molecular complexity index is 400. The summed E-state index contributed by atoms with van der Waals surface area (Å²) in [5.74, 6) is 1.43. The Morgan fingerprint density at radius 2 is 1.74 bits per heavy atom. The lowest BCUT2D eigenvalue weighted by Gasteiger charge is -2.24. The highest BCUT2D eigenvalue weighted by Crippen LogP contribution is 2.27. The van der Waals surface area contributed by atoms with Crippen molar-refractivity contribution >= 4 is 11.6 Å². The van der Waals surface area contributed by atoms with Gasteiger partial charge in [0.25, 0.3) is 0 Å². The molecule has 0 aliphatic rings. The lowest BCUT2D eigenvalue weighted by Crippen LogP contribution is -2.39. The molecule has 0 bridgehead atoms. The van der Waals surface area contributed by atoms with Crippen molar-refractivity contribution in [2.75, 3.05) is 13.2 Å². The molecule has 0 heterocycles. The van der Waals surface area contributed by atoms with Crippen molar-refractivity contribution in [2.24, 2.45) is 5.92 Å². The van der Waals surface area contributed by atoms with Gasteiger partial charge in [-0.3, -0.25) is 0 Å². The van der Waals surface area contributed by atoms with Gasteiger partial charge in [-0.25, -0.2) is 0 Å². The Morgan fingerprint density at radius 1 is 1.21 bits per heavy atom. The Labute approximate surface area is 122 Å². The summed E-state index contributed by atoms with van der Waals surface area (Å²) in [6.07, 6.45) is 0. The van der Waals surface area contributed by atoms with E-state index in [1.165, 1.54) is 0 Å². The molecule has 1 N–H and O–H groups in total. The van der Waals surface area contributed by atoms with E-state index >= 15 is 0 Å². The number of rotatable bonds is 5. The maximum absolute atomic E-state index is 6.02. The van der Waals surface area contributed by atoms with Gasteiger partial charge in [0.15, 0.2) is 0 Å². The molecule has 0 aromatic heterocycles. The average Bonchev–Trinajstić information content (AvgIpc) is 2.23. The zero-order valence-corrected chi connectivity index (χ0v) is 13.7. The number of hydrogen-bond acceptors (Lipinski definition) is 2. The van der Waals surface area contributed by atoms with Crippen LogP contribution in [0, 0.1) is 19.8 Å². The molecule has 1 atom stereocenters. The Kier molecular flexibility index (Phi) is 5.69. The van der Waals surface area contributed by atoms with Gasteiger partial charge in [0.2, 0.25) is 0 Å². The molecule has 1 aromatic carbocycles. The highest BCUT2D eigenvalue weighted by Gasteiger charge is 2.12. The van der Waals surface area contributed by atoms with Gasteiger partial charge in [-0.15, -0.1) is 0 Å². The topological polar surface area (TPSA) is 21.3 Å². The van der Waals surface area contributed by atoms with Crippen molar-refractivity contribution in [1.82, 2.24) is 5.32 Å². The van der Waals surface area contributed by atoms with Crippen LogP contribution in [0.15, 0.2) is 12.1 Å². The van der Waals surface area contributed by atoms with E-state index in [0.29, 0.717) is 12.5 Å². The largest absolute Gasteiger partial charge is 0.493 e. The molecule has 0 fully saturated rings. The van der Waals surface area contributed by atoms with E-state index < -0.39 is 0 Å². The first-order valence-electron chi connectivity index (χ1n) is 6.83. The normalized spacial score (nSPS) is 13.4. The minimum atomic E-state index is 0.153. The highest BCUT2D eigenvalue weighted by atomic mass is 35.5. The molecular weight excluding hydrogens is 258 g/mol. The van der Waals surface area contributed by atoms with Gasteiger partial charge < -0.3 is 10.1 Å². The monoisotopic (exact) mass is 283 g/mol. The summed E-state index contributed by atoms with van der Waals surface area (Å²) in [7, 11) is 0. The van der Waals surface area contributed by atoms with Gasteiger partial charge in [0, 0.05) is 23.0 Å². The van der Waals surface area contributed by atoms with Crippen molar-refractivity contribution in [2.45, 2.75) is 47.1 Å². The quantitative estimate of drug-likeness (QED) is 0.867. The van der Waals surface area contributed by atoms with Crippen LogP contribution in [0.3, 0.4) is 0 Å². The summed E-state index contributed by atoms with van der Waals surface area (Å²) in [4.78, 5) is 0. The fraction of sp³-hybridized carbons (Fsp3) is 0.625. The fourth-order valence-electron chi connectivity index (χ4n) is 1.89. The standard InChI is InChI=1S/C16H26ClNO/c1-11(9-18-16(4,5)6)10-19-15-12(2)7-14(17)8-13(15)3/h7-8,11,18H,9-10H2,1-6H3. The molecule has 3 heteroatoms. The van der Waals surface area contributed by atoms with Crippen LogP contribution in [-0.2, 0) is 0 Å². The lowest BCUT2D eigenvalue weighted by molar-refractivity contribution is 0.242. The van der Waals surface area contributed by atoms with Crippen LogP contribution in [-0.4, -0.2) is 18.7 Å². The van der Waals surface area contributed by atoms with Gasteiger partial charge in [0.1, 0.15) is 5.75 Å². The summed E-state index contributed by atoms with van der Waals surface area (Å²) < 4.78 is 5.95. The fourth-order valence-corrected chi connectivity index (χ4v) is 2.22. The van der Waals surface area contributed by atoms with Crippen LogP contribution in [0.25, 0.3) is 0 Å². The molecule has 0 amide bonds. The average molecular weight is 284 g/mol. The van der Waals surface area contributed by atoms with Gasteiger partial charge in [0.05, 0.1) is 6.61 Å². The first-order chi connectivity index (χ1) is 8.69. The van der Waals surface area contributed by atoms with Crippen molar-refractivity contribution in [3.63, 3.8) is 0 Å². The zero-order chi connectivity index (χ0) is 14.6. The SMILES string of the molecule is Cc1cc(Cl)cc(C)c1OCC(C)CNC(C)(C)C. The molecule has 0 aliphatic heterocycles. The van der Waals surface area contributed by atoms with Crippen molar-refractivity contribution < 1.29 is 4.74 Å². The van der Waals surface area contributed by atoms with Crippen molar-refractivity contribution in [3.05, 3.63) is 28.3 Å². The first-order valence-corrected chi connectivity index (χ1v) is 7.21. The molecule has 1 unspecified atom stereocenters. The Morgan fingerprint density at radius 3 is 2.21 bits per heavy atom. The third-order valence-electron chi connectivity index (χ3n) is 2.92. The van der Waals surface area contributed by atoms with E-state index in [-0.39, 0.29) is 5.54 Å². The third kappa shape index (κ3) is 5.84. The number of halogens is 1. The molecule has 1 aromatic rings. The summed E-state index contributed by atoms with van der Waals surface area (Å²) in [6, 6.07) is 3.89. The van der Waals surface area contributed by atoms with Crippen LogP contribution in [0.4, 0.5) is 0 Å². The number of ether oxygens (including phenoxy) is 1. The predicted molar refractivity (Wildman–Crippen MR) is 83.3 cm³/mol. The second-order valence-electron chi connectivity index (χ2n) is 6.42. The van der Waals surface area contributed by atoms with E-state index in [4.69, 9.17) is 16.3 Å². The molecule has 0 saturated heterocycles. The molecule has 0 saturated carbocycles. The van der Waals surface area contributed by atoms with Gasteiger partial charge in [-0.1, -0.05) is 18.5 Å². The second-order valence-corrected chi connectivity index (χ2v) is 6.85. The maximum atomic E-state index is 6.02. The summed E-state index contributed by atoms with van der Waals surface area (Å²) >= 11 is 6.02. The van der Waals surface area contributed by atoms with Gasteiger partial charge >= 0.3 is 0 Å². The lowest BCUT2D eigenvalue weighted by atomic mass is 10.1. The third-order valence-corrected chi connectivity index (χ3v) is 3.14. The van der Waals surface area contributed by atoms with E-state index in [1.807, 2.05) is 26.0 Å². The van der Waals surface area contributed by atoms with Crippen LogP contribution in [0.1, 0.15) is 38.8 Å². The van der Waals surface area contributed by atoms with Crippen LogP contribution in [0.2, 0.25) is 5.02 Å². The molecular formula is C16H26ClNO. The molecule has 1 rings (SSSR count). The number of nitrogens with one attached hydrogen (secondary N) is 1. The molecule has 2 nitrogen and oxygen atoms in total. The first kappa shape index (κ1) is 16.3. The van der Waals surface area contributed by atoms with Crippen molar-refractivity contribution in [3.8, 4) is 5.75 Å². The molecule has 0 radical (unpaired) electrons. The number of benzene rings is 1. The molecule has 0 aliphatic carbocycles. The molecule has 0 spiro atoms. The van der Waals surface area contributed by atoms with Crippen LogP contribution in [0.5, 0.6) is 5.75 Å². The molecule has 19 heavy (non-hydrogen) atoms. The van der Waals surface area contributed by atoms with Gasteiger partial charge in [-0.2, -0.15) is 0 Å². The van der Waals surface area contributed by atoms with Crippen LogP contribution >= 0.6 is 11.6 Å². The number of hydrogen-bond donors (Lipinski definition) is 1. The van der Waals surface area contributed by atoms with Crippen LogP contribution < -0.4 is 10.1 Å². The van der Waals surface area contributed by atoms with E-state index in [2.05, 4.69) is 33.0 Å². The second kappa shape index (κ2) is 6.62. The Balaban J connectivity index is 2.53. The summed E-state index contributed by atoms with van der Waals surface area (Å²) in [6.45, 7) is 14.5. The predicted octanol–water partition coefficient (Wildman–Crippen LogP) is 4.36. The van der Waals surface area contributed by atoms with E-state index in [9.17, 15) is 0 Å². The smallest absolute Gasteiger partial charge is 0.125 e. The number of aryl methyl sites for hydroxylation is 2. The van der Waals surface area contributed by atoms with Gasteiger partial charge in [-0.05, 0) is 57.9 Å². The van der Waals surface area contributed by atoms with Crippen molar-refractivity contribution in [1.29, 1.82) is 0 Å². The zero-order valence-electron chi connectivity index (χ0n) is 12.9. The van der Waals surface area contributed by atoms with E-state index in [0.717, 1.165) is 28.4 Å². The van der Waals surface area contributed by atoms with E-state index in [1.54, 1.807) is 0 Å². The minimum absolute atomic E-state index is 0.153. The summed E-state index contributed by atoms with van der Waals surface area (Å²) in [5.41, 5.74) is 2.35. The molecule has 108 valence electrons. The Hall–Kier alpha value is -0.730.